The first-order valence-corrected chi connectivity index (χ1v) is 5.83. The van der Waals surface area contributed by atoms with Gasteiger partial charge in [-0.2, -0.15) is 0 Å². The summed E-state index contributed by atoms with van der Waals surface area (Å²) in [5.41, 5.74) is 0.465. The van der Waals surface area contributed by atoms with Gasteiger partial charge in [-0.1, -0.05) is 11.6 Å². The van der Waals surface area contributed by atoms with Crippen LogP contribution in [0, 0.1) is 0 Å². The summed E-state index contributed by atoms with van der Waals surface area (Å²) in [6, 6.07) is 4.48. The molecule has 0 unspecified atom stereocenters. The Labute approximate surface area is 99.6 Å². The van der Waals surface area contributed by atoms with Gasteiger partial charge in [-0.3, -0.25) is 4.79 Å². The molecule has 1 fully saturated rings. The van der Waals surface area contributed by atoms with Crippen molar-refractivity contribution in [2.45, 2.75) is 19.3 Å². The van der Waals surface area contributed by atoms with Crippen LogP contribution in [-0.4, -0.2) is 29.0 Å². The number of carbonyl (C=O) groups excluding carboxylic acids is 1. The summed E-state index contributed by atoms with van der Waals surface area (Å²) >= 11 is 5.80. The third kappa shape index (κ3) is 2.47. The Morgan fingerprint density at radius 3 is 2.50 bits per heavy atom. The Morgan fingerprint density at radius 1 is 1.19 bits per heavy atom. The number of phenolic OH excluding ortho intramolecular Hbond substituents is 1. The van der Waals surface area contributed by atoms with Crippen LogP contribution in [0.5, 0.6) is 5.75 Å². The maximum Gasteiger partial charge on any atom is 0.254 e. The largest absolute Gasteiger partial charge is 0.508 e. The molecule has 0 saturated carbocycles. The van der Waals surface area contributed by atoms with Gasteiger partial charge in [0.1, 0.15) is 5.75 Å². The van der Waals surface area contributed by atoms with Crippen LogP contribution in [0.15, 0.2) is 18.2 Å². The van der Waals surface area contributed by atoms with Crippen molar-refractivity contribution in [2.75, 3.05) is 13.1 Å². The molecule has 86 valence electrons. The number of carbonyl (C=O) groups is 1. The Hall–Kier alpha value is -1.22. The first kappa shape index (κ1) is 11.3. The number of likely N-dealkylation sites (tertiary alicyclic amines) is 1. The Bertz CT molecular complexity index is 380. The Morgan fingerprint density at radius 2 is 1.88 bits per heavy atom. The molecular weight excluding hydrogens is 226 g/mol. The zero-order valence-corrected chi connectivity index (χ0v) is 9.70. The number of halogens is 1. The predicted octanol–water partition coefficient (Wildman–Crippen LogP) is 2.67. The first-order valence-electron chi connectivity index (χ1n) is 5.45. The molecule has 1 heterocycles. The van der Waals surface area contributed by atoms with Crippen LogP contribution in [-0.2, 0) is 0 Å². The second kappa shape index (κ2) is 4.74. The van der Waals surface area contributed by atoms with Crippen molar-refractivity contribution >= 4 is 17.5 Å². The van der Waals surface area contributed by atoms with E-state index < -0.39 is 0 Å². The van der Waals surface area contributed by atoms with Crippen LogP contribution in [0.3, 0.4) is 0 Å². The average Bonchev–Trinajstić information content (AvgIpc) is 2.28. The topological polar surface area (TPSA) is 40.5 Å². The van der Waals surface area contributed by atoms with E-state index in [9.17, 15) is 9.90 Å². The predicted molar refractivity (Wildman–Crippen MR) is 62.9 cm³/mol. The summed E-state index contributed by atoms with van der Waals surface area (Å²) in [4.78, 5) is 13.9. The minimum absolute atomic E-state index is 0.0351. The Kier molecular flexibility index (Phi) is 3.34. The number of amides is 1. The van der Waals surface area contributed by atoms with Crippen LogP contribution >= 0.6 is 11.6 Å². The summed E-state index contributed by atoms with van der Waals surface area (Å²) in [6.07, 6.45) is 3.29. The number of benzene rings is 1. The molecule has 3 nitrogen and oxygen atoms in total. The summed E-state index contributed by atoms with van der Waals surface area (Å²) in [6.45, 7) is 1.60. The number of piperidine rings is 1. The van der Waals surface area contributed by atoms with Gasteiger partial charge in [0.15, 0.2) is 0 Å². The SMILES string of the molecule is O=C(c1cc(O)cc(Cl)c1)N1CCCCC1. The number of aromatic hydroxyl groups is 1. The number of rotatable bonds is 1. The van der Waals surface area contributed by atoms with Crippen LogP contribution in [0.1, 0.15) is 29.6 Å². The summed E-state index contributed by atoms with van der Waals surface area (Å²) in [5.74, 6) is -0.00893. The van der Waals surface area contributed by atoms with E-state index in [0.717, 1.165) is 25.9 Å². The van der Waals surface area contributed by atoms with E-state index in [0.29, 0.717) is 10.6 Å². The third-order valence-corrected chi connectivity index (χ3v) is 2.99. The van der Waals surface area contributed by atoms with Gasteiger partial charge in [0.05, 0.1) is 0 Å². The molecule has 0 aliphatic carbocycles. The smallest absolute Gasteiger partial charge is 0.254 e. The molecule has 0 spiro atoms. The van der Waals surface area contributed by atoms with E-state index in [1.54, 1.807) is 6.07 Å². The van der Waals surface area contributed by atoms with Crippen LogP contribution in [0.2, 0.25) is 5.02 Å². The molecule has 0 atom stereocenters. The van der Waals surface area contributed by atoms with Crippen molar-refractivity contribution in [3.8, 4) is 5.75 Å². The molecule has 1 aliphatic rings. The molecule has 1 amide bonds. The minimum Gasteiger partial charge on any atom is -0.508 e. The third-order valence-electron chi connectivity index (χ3n) is 2.77. The fourth-order valence-corrected chi connectivity index (χ4v) is 2.21. The first-order chi connectivity index (χ1) is 7.66. The highest BCUT2D eigenvalue weighted by molar-refractivity contribution is 6.31. The number of phenols is 1. The van der Waals surface area contributed by atoms with E-state index >= 15 is 0 Å². The van der Waals surface area contributed by atoms with E-state index in [1.165, 1.54) is 18.6 Å². The summed E-state index contributed by atoms with van der Waals surface area (Å²) in [7, 11) is 0. The van der Waals surface area contributed by atoms with Crippen molar-refractivity contribution < 1.29 is 9.90 Å². The molecule has 2 rings (SSSR count). The molecule has 1 aromatic rings. The van der Waals surface area contributed by atoms with Gasteiger partial charge in [-0.25, -0.2) is 0 Å². The van der Waals surface area contributed by atoms with Gasteiger partial charge in [0.2, 0.25) is 0 Å². The zero-order chi connectivity index (χ0) is 11.5. The van der Waals surface area contributed by atoms with E-state index in [2.05, 4.69) is 0 Å². The van der Waals surface area contributed by atoms with Gasteiger partial charge in [0.25, 0.3) is 5.91 Å². The van der Waals surface area contributed by atoms with Crippen LogP contribution in [0.4, 0.5) is 0 Å². The van der Waals surface area contributed by atoms with Crippen molar-refractivity contribution in [3.05, 3.63) is 28.8 Å². The van der Waals surface area contributed by atoms with Crippen molar-refractivity contribution in [1.29, 1.82) is 0 Å². The lowest BCUT2D eigenvalue weighted by atomic mass is 10.1. The normalized spacial score (nSPS) is 16.2. The fourth-order valence-electron chi connectivity index (χ4n) is 1.98. The minimum atomic E-state index is -0.0440. The summed E-state index contributed by atoms with van der Waals surface area (Å²) < 4.78 is 0. The molecule has 0 radical (unpaired) electrons. The quantitative estimate of drug-likeness (QED) is 0.819. The number of hydrogen-bond acceptors (Lipinski definition) is 2. The molecule has 1 aromatic carbocycles. The maximum absolute atomic E-state index is 12.1. The summed E-state index contributed by atoms with van der Waals surface area (Å²) in [5, 5.41) is 9.78. The lowest BCUT2D eigenvalue weighted by Gasteiger charge is -2.26. The van der Waals surface area contributed by atoms with Crippen molar-refractivity contribution in [3.63, 3.8) is 0 Å². The van der Waals surface area contributed by atoms with Crippen LogP contribution in [0.25, 0.3) is 0 Å². The maximum atomic E-state index is 12.1. The van der Waals surface area contributed by atoms with Gasteiger partial charge in [-0.05, 0) is 37.5 Å². The van der Waals surface area contributed by atoms with Gasteiger partial charge in [-0.15, -0.1) is 0 Å². The van der Waals surface area contributed by atoms with E-state index in [4.69, 9.17) is 11.6 Å². The molecule has 1 saturated heterocycles. The van der Waals surface area contributed by atoms with Gasteiger partial charge in [0, 0.05) is 23.7 Å². The highest BCUT2D eigenvalue weighted by Gasteiger charge is 2.18. The molecule has 16 heavy (non-hydrogen) atoms. The van der Waals surface area contributed by atoms with Crippen molar-refractivity contribution in [2.24, 2.45) is 0 Å². The van der Waals surface area contributed by atoms with Gasteiger partial charge >= 0.3 is 0 Å². The standard InChI is InChI=1S/C12H14ClNO2/c13-10-6-9(7-11(15)8-10)12(16)14-4-2-1-3-5-14/h6-8,15H,1-5H2. The lowest BCUT2D eigenvalue weighted by molar-refractivity contribution is 0.0724. The van der Waals surface area contributed by atoms with Gasteiger partial charge < -0.3 is 10.0 Å². The zero-order valence-electron chi connectivity index (χ0n) is 8.95. The lowest BCUT2D eigenvalue weighted by Crippen LogP contribution is -2.35. The van der Waals surface area contributed by atoms with Crippen LogP contribution < -0.4 is 0 Å². The second-order valence-corrected chi connectivity index (χ2v) is 4.49. The average molecular weight is 240 g/mol. The van der Waals surface area contributed by atoms with Crippen molar-refractivity contribution in [1.82, 2.24) is 4.90 Å². The Balaban J connectivity index is 2.19. The molecule has 1 N–H and O–H groups in total. The molecule has 1 aliphatic heterocycles. The molecule has 0 aromatic heterocycles. The number of hydrogen-bond donors (Lipinski definition) is 1. The fraction of sp³-hybridized carbons (Fsp3) is 0.417. The molecule has 0 bridgehead atoms. The number of nitrogens with zero attached hydrogens (tertiary/aromatic N) is 1. The second-order valence-electron chi connectivity index (χ2n) is 4.05. The molecular formula is C12H14ClNO2. The monoisotopic (exact) mass is 239 g/mol. The molecule has 4 heteroatoms. The van der Waals surface area contributed by atoms with E-state index in [1.807, 2.05) is 4.90 Å². The highest BCUT2D eigenvalue weighted by atomic mass is 35.5. The van der Waals surface area contributed by atoms with E-state index in [-0.39, 0.29) is 11.7 Å². The highest BCUT2D eigenvalue weighted by Crippen LogP contribution is 2.22.